The number of rotatable bonds is 8. The van der Waals surface area contributed by atoms with Gasteiger partial charge in [0.1, 0.15) is 0 Å². The summed E-state index contributed by atoms with van der Waals surface area (Å²) in [7, 11) is 0. The first kappa shape index (κ1) is 21.7. The fourth-order valence-electron chi connectivity index (χ4n) is 2.76. The van der Waals surface area contributed by atoms with Crippen LogP contribution in [0.5, 0.6) is 0 Å². The van der Waals surface area contributed by atoms with Crippen molar-refractivity contribution in [1.29, 1.82) is 0 Å². The zero-order valence-electron chi connectivity index (χ0n) is 16.0. The molecule has 7 heteroatoms. The number of Topliss-reactive ketones (excluding diaryl/α,β-unsaturated/α-hetero) is 1. The van der Waals surface area contributed by atoms with Gasteiger partial charge in [0.05, 0.1) is 16.5 Å². The minimum absolute atomic E-state index is 0.0279. The lowest BCUT2D eigenvalue weighted by atomic mass is 10.1. The maximum absolute atomic E-state index is 12.9. The van der Waals surface area contributed by atoms with E-state index in [1.165, 1.54) is 12.4 Å². The molecular weight excluding hydrogens is 421 g/mol. The summed E-state index contributed by atoms with van der Waals surface area (Å²) in [5, 5.41) is 0.855. The highest BCUT2D eigenvalue weighted by molar-refractivity contribution is 6.42. The van der Waals surface area contributed by atoms with Crippen LogP contribution in [0.4, 0.5) is 0 Å². The molecule has 1 amide bonds. The number of benzene rings is 2. The second-order valence-electron chi connectivity index (χ2n) is 6.51. The Hall–Kier alpha value is -3.02. The van der Waals surface area contributed by atoms with Crippen LogP contribution in [0, 0.1) is 0 Å². The normalized spacial score (nSPS) is 10.9. The molecule has 5 nitrogen and oxygen atoms in total. The Labute approximate surface area is 185 Å². The number of nitrogens with zero attached hydrogens (tertiary/aromatic N) is 3. The number of carbonyl (C=O) groups is 2. The molecule has 0 unspecified atom stereocenters. The van der Waals surface area contributed by atoms with Gasteiger partial charge in [-0.15, -0.1) is 0 Å². The van der Waals surface area contributed by atoms with Gasteiger partial charge in [-0.1, -0.05) is 71.8 Å². The van der Waals surface area contributed by atoms with Crippen LogP contribution in [0.15, 0.2) is 73.1 Å². The van der Waals surface area contributed by atoms with E-state index in [1.807, 2.05) is 42.5 Å². The molecule has 0 saturated carbocycles. The van der Waals surface area contributed by atoms with Crippen LogP contribution in [-0.2, 0) is 11.3 Å². The van der Waals surface area contributed by atoms with Crippen LogP contribution >= 0.6 is 23.2 Å². The third-order valence-electron chi connectivity index (χ3n) is 4.27. The molecule has 3 aromatic rings. The Morgan fingerprint density at radius 3 is 2.37 bits per heavy atom. The van der Waals surface area contributed by atoms with E-state index >= 15 is 0 Å². The van der Waals surface area contributed by atoms with E-state index in [1.54, 1.807) is 29.2 Å². The van der Waals surface area contributed by atoms with Crippen molar-refractivity contribution in [2.45, 2.75) is 13.0 Å². The number of aromatic nitrogens is 2. The summed E-state index contributed by atoms with van der Waals surface area (Å²) in [6.45, 7) is 0.620. The van der Waals surface area contributed by atoms with Gasteiger partial charge >= 0.3 is 0 Å². The molecule has 0 saturated heterocycles. The largest absolute Gasteiger partial charge is 0.334 e. The van der Waals surface area contributed by atoms with E-state index in [0.29, 0.717) is 16.6 Å². The van der Waals surface area contributed by atoms with E-state index < -0.39 is 5.78 Å². The Kier molecular flexibility index (Phi) is 7.71. The summed E-state index contributed by atoms with van der Waals surface area (Å²) >= 11 is 12.1. The van der Waals surface area contributed by atoms with Crippen molar-refractivity contribution in [3.63, 3.8) is 0 Å². The highest BCUT2D eigenvalue weighted by Gasteiger charge is 2.19. The number of halogens is 2. The second kappa shape index (κ2) is 10.7. The molecule has 0 aliphatic rings. The van der Waals surface area contributed by atoms with Gasteiger partial charge in [0.15, 0.2) is 5.82 Å². The zero-order chi connectivity index (χ0) is 21.3. The van der Waals surface area contributed by atoms with Gasteiger partial charge in [-0.3, -0.25) is 9.59 Å². The average Bonchev–Trinajstić information content (AvgIpc) is 2.77. The lowest BCUT2D eigenvalue weighted by Crippen LogP contribution is -2.32. The predicted octanol–water partition coefficient (Wildman–Crippen LogP) is 5.10. The quantitative estimate of drug-likeness (QED) is 0.361. The SMILES string of the molecule is O=C(CC(=O)N(C/C=C/c1ccccc1)Cc1ccc(Cl)c(Cl)c1)c1ncccn1. The number of hydrogen-bond donors (Lipinski definition) is 0. The maximum atomic E-state index is 12.9. The average molecular weight is 440 g/mol. The maximum Gasteiger partial charge on any atom is 0.231 e. The molecule has 1 aromatic heterocycles. The van der Waals surface area contributed by atoms with Gasteiger partial charge in [0, 0.05) is 25.5 Å². The molecule has 0 aliphatic heterocycles. The fourth-order valence-corrected chi connectivity index (χ4v) is 3.09. The summed E-state index contributed by atoms with van der Waals surface area (Å²) < 4.78 is 0. The minimum Gasteiger partial charge on any atom is -0.334 e. The molecule has 3 rings (SSSR count). The smallest absolute Gasteiger partial charge is 0.231 e. The van der Waals surface area contributed by atoms with Gasteiger partial charge in [-0.25, -0.2) is 9.97 Å². The van der Waals surface area contributed by atoms with E-state index in [2.05, 4.69) is 9.97 Å². The van der Waals surface area contributed by atoms with Gasteiger partial charge in [-0.05, 0) is 29.3 Å². The van der Waals surface area contributed by atoms with Crippen LogP contribution in [0.25, 0.3) is 6.08 Å². The molecule has 0 aliphatic carbocycles. The molecule has 0 atom stereocenters. The molecule has 2 aromatic carbocycles. The number of carbonyl (C=O) groups excluding carboxylic acids is 2. The predicted molar refractivity (Wildman–Crippen MR) is 118 cm³/mol. The molecule has 0 N–H and O–H groups in total. The summed E-state index contributed by atoms with van der Waals surface area (Å²) in [5.74, 6) is -0.719. The third-order valence-corrected chi connectivity index (χ3v) is 5.01. The van der Waals surface area contributed by atoms with Crippen LogP contribution in [-0.4, -0.2) is 33.1 Å². The molecular formula is C23H19Cl2N3O2. The lowest BCUT2D eigenvalue weighted by molar-refractivity contribution is -0.130. The van der Waals surface area contributed by atoms with Crippen LogP contribution in [0.1, 0.15) is 28.2 Å². The van der Waals surface area contributed by atoms with Gasteiger partial charge in [0.2, 0.25) is 11.7 Å². The van der Waals surface area contributed by atoms with Crippen molar-refractivity contribution in [1.82, 2.24) is 14.9 Å². The van der Waals surface area contributed by atoms with Crippen molar-refractivity contribution in [3.05, 3.63) is 100 Å². The Balaban J connectivity index is 1.74. The Morgan fingerprint density at radius 1 is 0.933 bits per heavy atom. The summed E-state index contributed by atoms with van der Waals surface area (Å²) in [4.78, 5) is 34.7. The second-order valence-corrected chi connectivity index (χ2v) is 7.32. The van der Waals surface area contributed by atoms with E-state index in [0.717, 1.165) is 11.1 Å². The number of amides is 1. The van der Waals surface area contributed by atoms with Crippen LogP contribution in [0.3, 0.4) is 0 Å². The first-order valence-corrected chi connectivity index (χ1v) is 10.0. The standard InChI is InChI=1S/C23H19Cl2N3O2/c24-19-10-9-18(14-20(19)25)16-28(13-4-8-17-6-2-1-3-7-17)22(30)15-21(29)23-26-11-5-12-27-23/h1-12,14H,13,15-16H2/b8-4+. The third kappa shape index (κ3) is 6.24. The topological polar surface area (TPSA) is 63.2 Å². The molecule has 152 valence electrons. The fraction of sp³-hybridized carbons (Fsp3) is 0.130. The van der Waals surface area contributed by atoms with Gasteiger partial charge in [-0.2, -0.15) is 0 Å². The van der Waals surface area contributed by atoms with Crippen molar-refractivity contribution >= 4 is 41.0 Å². The van der Waals surface area contributed by atoms with E-state index in [4.69, 9.17) is 23.2 Å². The monoisotopic (exact) mass is 439 g/mol. The summed E-state index contributed by atoms with van der Waals surface area (Å²) in [5.41, 5.74) is 1.84. The van der Waals surface area contributed by atoms with Crippen molar-refractivity contribution in [3.8, 4) is 0 Å². The first-order valence-electron chi connectivity index (χ1n) is 9.26. The van der Waals surface area contributed by atoms with Crippen LogP contribution < -0.4 is 0 Å². The molecule has 0 fully saturated rings. The van der Waals surface area contributed by atoms with E-state index in [-0.39, 0.29) is 24.7 Å². The molecule has 0 spiro atoms. The molecule has 0 radical (unpaired) electrons. The highest BCUT2D eigenvalue weighted by Crippen LogP contribution is 2.23. The number of ketones is 1. The zero-order valence-corrected chi connectivity index (χ0v) is 17.6. The first-order chi connectivity index (χ1) is 14.5. The molecule has 1 heterocycles. The van der Waals surface area contributed by atoms with Crippen LogP contribution in [0.2, 0.25) is 10.0 Å². The Bertz CT molecular complexity index is 1040. The van der Waals surface area contributed by atoms with Gasteiger partial charge < -0.3 is 4.90 Å². The molecule has 0 bridgehead atoms. The minimum atomic E-state index is -0.424. The number of hydrogen-bond acceptors (Lipinski definition) is 4. The highest BCUT2D eigenvalue weighted by atomic mass is 35.5. The van der Waals surface area contributed by atoms with Crippen molar-refractivity contribution < 1.29 is 9.59 Å². The summed E-state index contributed by atoms with van der Waals surface area (Å²) in [6, 6.07) is 16.6. The van der Waals surface area contributed by atoms with Gasteiger partial charge in [0.25, 0.3) is 0 Å². The van der Waals surface area contributed by atoms with E-state index in [9.17, 15) is 9.59 Å². The Morgan fingerprint density at radius 2 is 1.67 bits per heavy atom. The summed E-state index contributed by atoms with van der Waals surface area (Å²) in [6.07, 6.45) is 6.44. The lowest BCUT2D eigenvalue weighted by Gasteiger charge is -2.21. The van der Waals surface area contributed by atoms with Crippen molar-refractivity contribution in [2.75, 3.05) is 6.54 Å². The van der Waals surface area contributed by atoms with Crippen molar-refractivity contribution in [2.24, 2.45) is 0 Å². The molecule has 30 heavy (non-hydrogen) atoms.